The van der Waals surface area contributed by atoms with Gasteiger partial charge in [-0.25, -0.2) is 0 Å². The van der Waals surface area contributed by atoms with Crippen LogP contribution in [0.3, 0.4) is 0 Å². The molecule has 0 amide bonds. The average Bonchev–Trinajstić information content (AvgIpc) is 2.48. The molecule has 1 saturated heterocycles. The van der Waals surface area contributed by atoms with Crippen LogP contribution in [-0.4, -0.2) is 30.6 Å². The third-order valence-corrected chi connectivity index (χ3v) is 4.32. The zero-order valence-electron chi connectivity index (χ0n) is 12.6. The summed E-state index contributed by atoms with van der Waals surface area (Å²) in [5.41, 5.74) is -0.142. The van der Waals surface area contributed by atoms with Crippen LogP contribution in [0.5, 0.6) is 0 Å². The van der Waals surface area contributed by atoms with E-state index in [1.165, 1.54) is 12.1 Å². The van der Waals surface area contributed by atoms with E-state index in [0.29, 0.717) is 11.6 Å². The molecule has 1 N–H and O–H groups in total. The molecule has 1 aliphatic rings. The molecule has 2 atom stereocenters. The Labute approximate surface area is 124 Å². The molecular weight excluding hydrogens is 277 g/mol. The van der Waals surface area contributed by atoms with Crippen molar-refractivity contribution in [1.82, 2.24) is 10.2 Å². The van der Waals surface area contributed by atoms with Gasteiger partial charge in [0.25, 0.3) is 0 Å². The molecule has 5 heteroatoms. The molecule has 2 rings (SSSR count). The number of benzene rings is 1. The van der Waals surface area contributed by atoms with Gasteiger partial charge in [-0.15, -0.1) is 0 Å². The van der Waals surface area contributed by atoms with Gasteiger partial charge in [0.1, 0.15) is 0 Å². The fourth-order valence-corrected chi connectivity index (χ4v) is 3.26. The Morgan fingerprint density at radius 1 is 1.33 bits per heavy atom. The highest BCUT2D eigenvalue weighted by molar-refractivity contribution is 5.32. The molecule has 1 aromatic carbocycles. The molecular formula is C16H23F3N2. The number of piperidine rings is 1. The van der Waals surface area contributed by atoms with Crippen LogP contribution in [0.15, 0.2) is 24.3 Å². The number of nitrogens with one attached hydrogen (secondary N) is 1. The van der Waals surface area contributed by atoms with Crippen molar-refractivity contribution in [2.75, 3.05) is 19.6 Å². The summed E-state index contributed by atoms with van der Waals surface area (Å²) in [4.78, 5) is 2.18. The number of nitrogens with zero attached hydrogens (tertiary/aromatic N) is 1. The van der Waals surface area contributed by atoms with Crippen molar-refractivity contribution in [3.63, 3.8) is 0 Å². The zero-order chi connectivity index (χ0) is 15.5. The first kappa shape index (κ1) is 16.3. The van der Waals surface area contributed by atoms with Gasteiger partial charge < -0.3 is 5.32 Å². The summed E-state index contributed by atoms with van der Waals surface area (Å²) >= 11 is 0. The lowest BCUT2D eigenvalue weighted by Gasteiger charge is -2.39. The second-order valence-electron chi connectivity index (χ2n) is 5.59. The first-order chi connectivity index (χ1) is 9.95. The van der Waals surface area contributed by atoms with Crippen LogP contribution in [0, 0.1) is 0 Å². The lowest BCUT2D eigenvalue weighted by Crippen LogP contribution is -2.47. The normalized spacial score (nSPS) is 21.5. The van der Waals surface area contributed by atoms with Crippen LogP contribution < -0.4 is 5.32 Å². The van der Waals surface area contributed by atoms with E-state index in [4.69, 9.17) is 0 Å². The Kier molecular flexibility index (Phi) is 5.27. The monoisotopic (exact) mass is 300 g/mol. The molecule has 0 aromatic heterocycles. The van der Waals surface area contributed by atoms with Crippen LogP contribution in [0.2, 0.25) is 0 Å². The third-order valence-electron chi connectivity index (χ3n) is 4.32. The van der Waals surface area contributed by atoms with E-state index < -0.39 is 11.7 Å². The molecule has 118 valence electrons. The van der Waals surface area contributed by atoms with E-state index in [2.05, 4.69) is 10.2 Å². The predicted molar refractivity (Wildman–Crippen MR) is 78.1 cm³/mol. The van der Waals surface area contributed by atoms with E-state index in [1.54, 1.807) is 12.1 Å². The van der Waals surface area contributed by atoms with Gasteiger partial charge in [-0.05, 0) is 44.5 Å². The van der Waals surface area contributed by atoms with Gasteiger partial charge in [-0.1, -0.05) is 25.1 Å². The molecule has 21 heavy (non-hydrogen) atoms. The number of hydrogen-bond donors (Lipinski definition) is 1. The Bertz CT molecular complexity index is 453. The Hall–Kier alpha value is -1.07. The van der Waals surface area contributed by atoms with E-state index in [1.807, 2.05) is 13.8 Å². The number of alkyl halides is 3. The van der Waals surface area contributed by atoms with Gasteiger partial charge >= 0.3 is 6.18 Å². The molecule has 1 aromatic rings. The first-order valence-electron chi connectivity index (χ1n) is 7.57. The number of hydrogen-bond acceptors (Lipinski definition) is 2. The summed E-state index contributed by atoms with van der Waals surface area (Å²) in [5, 5.41) is 3.34. The highest BCUT2D eigenvalue weighted by atomic mass is 19.4. The SMILES string of the molecule is CCN(C1CCCNC1)C(C)c1ccccc1C(F)(F)F. The molecule has 1 aliphatic heterocycles. The first-order valence-corrected chi connectivity index (χ1v) is 7.57. The topological polar surface area (TPSA) is 15.3 Å². The fourth-order valence-electron chi connectivity index (χ4n) is 3.26. The minimum atomic E-state index is -4.30. The van der Waals surface area contributed by atoms with Crippen LogP contribution in [0.1, 0.15) is 43.9 Å². The Morgan fingerprint density at radius 2 is 2.05 bits per heavy atom. The molecule has 0 radical (unpaired) electrons. The van der Waals surface area contributed by atoms with Crippen LogP contribution in [-0.2, 0) is 6.18 Å². The second kappa shape index (κ2) is 6.79. The zero-order valence-corrected chi connectivity index (χ0v) is 12.6. The summed E-state index contributed by atoms with van der Waals surface area (Å²) in [7, 11) is 0. The Morgan fingerprint density at radius 3 is 2.62 bits per heavy atom. The van der Waals surface area contributed by atoms with E-state index in [-0.39, 0.29) is 6.04 Å². The van der Waals surface area contributed by atoms with Gasteiger partial charge in [0.2, 0.25) is 0 Å². The molecule has 0 aliphatic carbocycles. The molecule has 1 heterocycles. The molecule has 1 fully saturated rings. The van der Waals surface area contributed by atoms with Gasteiger partial charge in [-0.2, -0.15) is 13.2 Å². The fraction of sp³-hybridized carbons (Fsp3) is 0.625. The van der Waals surface area contributed by atoms with E-state index in [0.717, 1.165) is 32.5 Å². The Balaban J connectivity index is 2.27. The molecule has 2 unspecified atom stereocenters. The maximum absolute atomic E-state index is 13.2. The third kappa shape index (κ3) is 3.77. The van der Waals surface area contributed by atoms with Crippen molar-refractivity contribution in [2.45, 2.75) is 44.9 Å². The number of rotatable bonds is 4. The lowest BCUT2D eigenvalue weighted by atomic mass is 9.96. The minimum Gasteiger partial charge on any atom is -0.315 e. The van der Waals surface area contributed by atoms with Crippen LogP contribution in [0.25, 0.3) is 0 Å². The standard InChI is InChI=1S/C16H23F3N2/c1-3-21(13-7-6-10-20-11-13)12(2)14-8-4-5-9-15(14)16(17,18)19/h4-5,8-9,12-13,20H,3,6-7,10-11H2,1-2H3. The van der Waals surface area contributed by atoms with Gasteiger partial charge in [-0.3, -0.25) is 4.90 Å². The predicted octanol–water partition coefficient (Wildman–Crippen LogP) is 3.84. The summed E-state index contributed by atoms with van der Waals surface area (Å²) in [5.74, 6) is 0. The molecule has 2 nitrogen and oxygen atoms in total. The van der Waals surface area contributed by atoms with Crippen molar-refractivity contribution in [3.8, 4) is 0 Å². The molecule has 0 saturated carbocycles. The van der Waals surface area contributed by atoms with Crippen LogP contribution in [0.4, 0.5) is 13.2 Å². The van der Waals surface area contributed by atoms with E-state index in [9.17, 15) is 13.2 Å². The molecule has 0 spiro atoms. The van der Waals surface area contributed by atoms with E-state index >= 15 is 0 Å². The summed E-state index contributed by atoms with van der Waals surface area (Å²) < 4.78 is 39.6. The van der Waals surface area contributed by atoms with Crippen molar-refractivity contribution < 1.29 is 13.2 Å². The van der Waals surface area contributed by atoms with Gasteiger partial charge in [0, 0.05) is 18.6 Å². The minimum absolute atomic E-state index is 0.238. The maximum atomic E-state index is 13.2. The maximum Gasteiger partial charge on any atom is 0.416 e. The summed E-state index contributed by atoms with van der Waals surface area (Å²) in [6.45, 7) is 6.50. The van der Waals surface area contributed by atoms with Crippen molar-refractivity contribution in [1.29, 1.82) is 0 Å². The highest BCUT2D eigenvalue weighted by Crippen LogP contribution is 2.36. The summed E-state index contributed by atoms with van der Waals surface area (Å²) in [6, 6.07) is 5.99. The average molecular weight is 300 g/mol. The lowest BCUT2D eigenvalue weighted by molar-refractivity contribution is -0.138. The quantitative estimate of drug-likeness (QED) is 0.909. The number of halogens is 3. The largest absolute Gasteiger partial charge is 0.416 e. The van der Waals surface area contributed by atoms with Crippen molar-refractivity contribution in [2.24, 2.45) is 0 Å². The van der Waals surface area contributed by atoms with Crippen molar-refractivity contribution in [3.05, 3.63) is 35.4 Å². The smallest absolute Gasteiger partial charge is 0.315 e. The highest BCUT2D eigenvalue weighted by Gasteiger charge is 2.36. The van der Waals surface area contributed by atoms with Crippen LogP contribution >= 0.6 is 0 Å². The summed E-state index contributed by atoms with van der Waals surface area (Å²) in [6.07, 6.45) is -2.18. The second-order valence-corrected chi connectivity index (χ2v) is 5.59. The van der Waals surface area contributed by atoms with Gasteiger partial charge in [0.15, 0.2) is 0 Å². The number of likely N-dealkylation sites (N-methyl/N-ethyl adjacent to an activating group) is 1. The van der Waals surface area contributed by atoms with Crippen molar-refractivity contribution >= 4 is 0 Å². The van der Waals surface area contributed by atoms with Gasteiger partial charge in [0.05, 0.1) is 5.56 Å². The molecule has 0 bridgehead atoms.